The quantitative estimate of drug-likeness (QED) is 0.304. The van der Waals surface area contributed by atoms with Gasteiger partial charge in [-0.2, -0.15) is 0 Å². The predicted octanol–water partition coefficient (Wildman–Crippen LogP) is 5.60. The third-order valence-corrected chi connectivity index (χ3v) is 11.4. The number of methoxy groups -OCH3 is 1. The van der Waals surface area contributed by atoms with Crippen LogP contribution in [0.1, 0.15) is 73.7 Å². The summed E-state index contributed by atoms with van der Waals surface area (Å²) in [5.41, 5.74) is 10.8. The maximum atomic E-state index is 13.6. The molecule has 2 saturated heterocycles. The number of fused-ring (bicyclic) bond motifs is 4. The molecule has 3 aromatic heterocycles. The van der Waals surface area contributed by atoms with E-state index in [0.29, 0.717) is 35.1 Å². The van der Waals surface area contributed by atoms with Gasteiger partial charge >= 0.3 is 0 Å². The summed E-state index contributed by atoms with van der Waals surface area (Å²) >= 11 is 1.83. The molecule has 1 aromatic carbocycles. The molecule has 2 N–H and O–H groups in total. The first-order valence-electron chi connectivity index (χ1n) is 16.2. The molecule has 2 aliphatic carbocycles. The molecule has 5 heterocycles. The van der Waals surface area contributed by atoms with Crippen molar-refractivity contribution < 1.29 is 14.3 Å². The lowest BCUT2D eigenvalue weighted by atomic mass is 9.90. The zero-order valence-corrected chi connectivity index (χ0v) is 27.2. The molecule has 2 bridgehead atoms. The van der Waals surface area contributed by atoms with Gasteiger partial charge in [-0.25, -0.2) is 4.98 Å². The van der Waals surface area contributed by atoms with Crippen LogP contribution in [0.2, 0.25) is 0 Å². The Kier molecular flexibility index (Phi) is 7.69. The Hall–Kier alpha value is -3.37. The van der Waals surface area contributed by atoms with Crippen LogP contribution in [0.15, 0.2) is 23.6 Å². The Bertz CT molecular complexity index is 1720. The van der Waals surface area contributed by atoms with Crippen molar-refractivity contribution in [1.82, 2.24) is 23.9 Å². The predicted molar refractivity (Wildman–Crippen MR) is 175 cm³/mol. The van der Waals surface area contributed by atoms with Crippen LogP contribution in [0.4, 0.5) is 0 Å². The van der Waals surface area contributed by atoms with Gasteiger partial charge in [-0.3, -0.25) is 9.59 Å². The number of nitrogens with zero attached hydrogens (tertiary/aromatic N) is 5. The number of aromatic nitrogens is 3. The number of likely N-dealkylation sites (tertiary alicyclic amines) is 2. The average molecular weight is 617 g/mol. The second kappa shape index (κ2) is 11.5. The van der Waals surface area contributed by atoms with Gasteiger partial charge in [0.2, 0.25) is 5.91 Å². The zero-order valence-electron chi connectivity index (χ0n) is 26.3. The standard InChI is InChI=1S/C33H39N5O3S.CH5N/c1-19(39)36-10-8-22(9-11-36)25-18-42-29-15-27(38(30(25)29)16-20-4-5-20)32-34-26-13-23(14-28(41-3)31(26)35(32)2)33(40)37-17-21-6-7-24(37)12-21;1-2/h13-15,18,20-22,24H,4-12,16-17H2,1-3H3;2H2,1H3/t21-,24+;/m0./s1. The van der Waals surface area contributed by atoms with Crippen molar-refractivity contribution in [3.8, 4) is 17.3 Å². The highest BCUT2D eigenvalue weighted by Crippen LogP contribution is 2.44. The van der Waals surface area contributed by atoms with Crippen molar-refractivity contribution in [3.63, 3.8) is 0 Å². The van der Waals surface area contributed by atoms with Gasteiger partial charge in [-0.05, 0) is 98.9 Å². The number of carbonyl (C=O) groups is 2. The molecule has 10 heteroatoms. The first-order valence-corrected chi connectivity index (χ1v) is 17.1. The Balaban J connectivity index is 0.00000153. The van der Waals surface area contributed by atoms with Crippen molar-refractivity contribution in [2.24, 2.45) is 24.6 Å². The van der Waals surface area contributed by atoms with E-state index in [9.17, 15) is 9.59 Å². The number of piperidine rings is 2. The Morgan fingerprint density at radius 3 is 2.45 bits per heavy atom. The SMILES string of the molecule is CN.COc1cc(C(=O)N2C[C@H]3CC[C@@H]2C3)cc2nc(-c3cc4scc(C5CCN(C(C)=O)CC5)c4n3CC3CC3)n(C)c12. The van der Waals surface area contributed by atoms with E-state index in [4.69, 9.17) is 9.72 Å². The summed E-state index contributed by atoms with van der Waals surface area (Å²) in [6.45, 7) is 5.21. The molecule has 4 aromatic rings. The number of carbonyl (C=O) groups excluding carboxylic acids is 2. The summed E-state index contributed by atoms with van der Waals surface area (Å²) in [6.07, 6.45) is 8.08. The Labute approximate surface area is 262 Å². The number of aryl methyl sites for hydroxylation is 1. The Morgan fingerprint density at radius 2 is 1.82 bits per heavy atom. The molecule has 9 nitrogen and oxygen atoms in total. The number of ether oxygens (including phenoxy) is 1. The van der Waals surface area contributed by atoms with Crippen LogP contribution < -0.4 is 10.5 Å². The summed E-state index contributed by atoms with van der Waals surface area (Å²) in [5, 5.41) is 2.35. The number of hydrogen-bond donors (Lipinski definition) is 1. The number of nitrogens with two attached hydrogens (primary N) is 1. The third kappa shape index (κ3) is 4.90. The van der Waals surface area contributed by atoms with E-state index in [1.165, 1.54) is 42.1 Å². The maximum Gasteiger partial charge on any atom is 0.254 e. The number of rotatable bonds is 6. The van der Waals surface area contributed by atoms with E-state index in [1.54, 1.807) is 14.0 Å². The molecule has 2 aliphatic heterocycles. The molecule has 0 spiro atoms. The van der Waals surface area contributed by atoms with Gasteiger partial charge in [0.05, 0.1) is 28.5 Å². The minimum absolute atomic E-state index is 0.104. The maximum absolute atomic E-state index is 13.6. The summed E-state index contributed by atoms with van der Waals surface area (Å²) in [7, 11) is 5.25. The molecule has 2 amide bonds. The molecule has 2 saturated carbocycles. The van der Waals surface area contributed by atoms with Gasteiger partial charge in [0.1, 0.15) is 11.3 Å². The summed E-state index contributed by atoms with van der Waals surface area (Å²) in [5.74, 6) is 3.72. The summed E-state index contributed by atoms with van der Waals surface area (Å²) < 4.78 is 11.9. The molecule has 0 unspecified atom stereocenters. The number of hydrogen-bond acceptors (Lipinski definition) is 6. The Morgan fingerprint density at radius 1 is 1.05 bits per heavy atom. The van der Waals surface area contributed by atoms with E-state index >= 15 is 0 Å². The fourth-order valence-electron chi connectivity index (χ4n) is 7.98. The van der Waals surface area contributed by atoms with Crippen LogP contribution in [-0.2, 0) is 18.4 Å². The number of benzene rings is 1. The van der Waals surface area contributed by atoms with Gasteiger partial charge in [0, 0.05) is 51.8 Å². The van der Waals surface area contributed by atoms with E-state index in [-0.39, 0.29) is 11.8 Å². The molecule has 4 aliphatic rings. The first-order chi connectivity index (χ1) is 21.4. The van der Waals surface area contributed by atoms with E-state index < -0.39 is 0 Å². The van der Waals surface area contributed by atoms with E-state index in [1.807, 2.05) is 28.4 Å². The van der Waals surface area contributed by atoms with Crippen molar-refractivity contribution >= 4 is 44.4 Å². The number of amides is 2. The van der Waals surface area contributed by atoms with Gasteiger partial charge in [-0.15, -0.1) is 11.3 Å². The summed E-state index contributed by atoms with van der Waals surface area (Å²) in [6, 6.07) is 6.58. The third-order valence-electron chi connectivity index (χ3n) is 10.5. The van der Waals surface area contributed by atoms with Gasteiger partial charge in [-0.1, -0.05) is 0 Å². The highest BCUT2D eigenvalue weighted by Gasteiger charge is 2.41. The van der Waals surface area contributed by atoms with E-state index in [0.717, 1.165) is 74.4 Å². The van der Waals surface area contributed by atoms with Gasteiger partial charge in [0.15, 0.2) is 5.82 Å². The van der Waals surface area contributed by atoms with Gasteiger partial charge < -0.3 is 29.4 Å². The summed E-state index contributed by atoms with van der Waals surface area (Å²) in [4.78, 5) is 34.8. The van der Waals surface area contributed by atoms with Crippen LogP contribution in [0.3, 0.4) is 0 Å². The zero-order chi connectivity index (χ0) is 30.7. The van der Waals surface area contributed by atoms with Crippen LogP contribution in [0.25, 0.3) is 32.8 Å². The molecule has 0 radical (unpaired) electrons. The van der Waals surface area contributed by atoms with Crippen molar-refractivity contribution in [2.45, 2.75) is 70.4 Å². The monoisotopic (exact) mass is 616 g/mol. The van der Waals surface area contributed by atoms with Gasteiger partial charge in [0.25, 0.3) is 5.91 Å². The molecular weight excluding hydrogens is 572 g/mol. The minimum Gasteiger partial charge on any atom is -0.494 e. The second-order valence-corrected chi connectivity index (χ2v) is 14.0. The molecule has 44 heavy (non-hydrogen) atoms. The fraction of sp³-hybridized carbons (Fsp3) is 0.559. The largest absolute Gasteiger partial charge is 0.494 e. The van der Waals surface area contributed by atoms with Crippen LogP contribution >= 0.6 is 11.3 Å². The molecule has 234 valence electrons. The van der Waals surface area contributed by atoms with Crippen LogP contribution in [-0.4, -0.2) is 75.6 Å². The lowest BCUT2D eigenvalue weighted by molar-refractivity contribution is -0.129. The minimum atomic E-state index is 0.104. The normalized spacial score (nSPS) is 21.8. The molecule has 2 atom stereocenters. The van der Waals surface area contributed by atoms with Crippen molar-refractivity contribution in [3.05, 3.63) is 34.7 Å². The van der Waals surface area contributed by atoms with Crippen molar-refractivity contribution in [2.75, 3.05) is 33.8 Å². The number of thiophene rings is 1. The number of imidazole rings is 1. The van der Waals surface area contributed by atoms with Crippen LogP contribution in [0, 0.1) is 11.8 Å². The lowest BCUT2D eigenvalue weighted by Gasteiger charge is -2.31. The topological polar surface area (TPSA) is 98.6 Å². The fourth-order valence-corrected chi connectivity index (χ4v) is 9.06. The molecule has 8 rings (SSSR count). The highest BCUT2D eigenvalue weighted by atomic mass is 32.1. The average Bonchev–Trinajstić information content (AvgIpc) is 3.44. The van der Waals surface area contributed by atoms with Crippen LogP contribution in [0.5, 0.6) is 5.75 Å². The van der Waals surface area contributed by atoms with Crippen molar-refractivity contribution in [1.29, 1.82) is 0 Å². The molecular formula is C34H44N6O3S. The van der Waals surface area contributed by atoms with E-state index in [2.05, 4.69) is 38.3 Å². The first kappa shape index (κ1) is 29.3. The highest BCUT2D eigenvalue weighted by molar-refractivity contribution is 7.17. The molecule has 4 fully saturated rings. The smallest absolute Gasteiger partial charge is 0.254 e. The second-order valence-electron chi connectivity index (χ2n) is 13.1. The lowest BCUT2D eigenvalue weighted by Crippen LogP contribution is -2.37.